The van der Waals surface area contributed by atoms with E-state index < -0.39 is 64.9 Å². The Morgan fingerprint density at radius 1 is 0.946 bits per heavy atom. The average Bonchev–Trinajstić information content (AvgIpc) is 3.75. The van der Waals surface area contributed by atoms with E-state index in [9.17, 15) is 33.9 Å². The van der Waals surface area contributed by atoms with Crippen molar-refractivity contribution in [3.8, 4) is 11.4 Å². The summed E-state index contributed by atoms with van der Waals surface area (Å²) in [4.78, 5) is 86.8. The number of benzene rings is 2. The van der Waals surface area contributed by atoms with E-state index in [-0.39, 0.29) is 69.4 Å². The summed E-state index contributed by atoms with van der Waals surface area (Å²) >= 11 is 0. The van der Waals surface area contributed by atoms with Gasteiger partial charge in [0.05, 0.1) is 87.9 Å². The Morgan fingerprint density at radius 3 is 2.28 bits per heavy atom. The minimum Gasteiger partial charge on any atom is -0.458 e. The lowest BCUT2D eigenvalue weighted by molar-refractivity contribution is -0.172. The molecule has 0 saturated heterocycles. The molecule has 0 radical (unpaired) electrons. The molecule has 4 atom stereocenters. The first kappa shape index (κ1) is 54.8. The molecule has 2 aliphatic heterocycles. The number of ether oxygens (including phenoxy) is 6. The van der Waals surface area contributed by atoms with E-state index >= 15 is 4.39 Å². The number of aliphatic hydroxyl groups is 1. The maximum atomic E-state index is 15.4. The predicted molar refractivity (Wildman–Crippen MR) is 265 cm³/mol. The monoisotopic (exact) mass is 1030 g/mol. The first-order valence-electron chi connectivity index (χ1n) is 24.6. The van der Waals surface area contributed by atoms with Crippen molar-refractivity contribution >= 4 is 46.4 Å². The molecule has 2 aromatic carbocycles. The van der Waals surface area contributed by atoms with E-state index in [0.29, 0.717) is 103 Å². The van der Waals surface area contributed by atoms with E-state index in [1.54, 1.807) is 58.0 Å². The van der Waals surface area contributed by atoms with Crippen LogP contribution in [0.3, 0.4) is 0 Å². The number of amides is 4. The Morgan fingerprint density at radius 2 is 1.62 bits per heavy atom. The quantitative estimate of drug-likeness (QED) is 0.0173. The predicted octanol–water partition coefficient (Wildman–Crippen LogP) is 4.79. The first-order chi connectivity index (χ1) is 35.6. The lowest BCUT2D eigenvalue weighted by Crippen LogP contribution is -2.53. The van der Waals surface area contributed by atoms with Gasteiger partial charge in [0.15, 0.2) is 5.60 Å². The zero-order valence-electron chi connectivity index (χ0n) is 42.0. The fraction of sp³-hybridized carbons (Fsp3) is 0.510. The molecule has 0 saturated carbocycles. The second kappa shape index (κ2) is 24.8. The summed E-state index contributed by atoms with van der Waals surface area (Å²) in [6.07, 6.45) is 0.0790. The van der Waals surface area contributed by atoms with Gasteiger partial charge in [-0.2, -0.15) is 0 Å². The van der Waals surface area contributed by atoms with Gasteiger partial charge in [0.2, 0.25) is 17.7 Å². The number of aryl methyl sites for hydroxylation is 1. The number of nitrogens with one attached hydrogen (secondary N) is 4. The fourth-order valence-electron chi connectivity index (χ4n) is 9.19. The van der Waals surface area contributed by atoms with Gasteiger partial charge in [-0.25, -0.2) is 19.0 Å². The van der Waals surface area contributed by atoms with Gasteiger partial charge in [0.25, 0.3) is 5.56 Å². The van der Waals surface area contributed by atoms with Crippen LogP contribution in [0.15, 0.2) is 46.3 Å². The van der Waals surface area contributed by atoms with Crippen LogP contribution in [0.5, 0.6) is 0 Å². The van der Waals surface area contributed by atoms with Crippen LogP contribution in [0.1, 0.15) is 91.9 Å². The molecule has 7 rings (SSSR count). The van der Waals surface area contributed by atoms with Gasteiger partial charge in [0.1, 0.15) is 31.1 Å². The van der Waals surface area contributed by atoms with Crippen molar-refractivity contribution in [2.45, 2.75) is 104 Å². The number of rotatable bonds is 25. The molecule has 3 aliphatic rings. The Hall–Kier alpha value is -7.01. The molecule has 4 heterocycles. The second-order valence-electron chi connectivity index (χ2n) is 18.5. The van der Waals surface area contributed by atoms with E-state index in [2.05, 4.69) is 31.3 Å². The smallest absolute Gasteiger partial charge is 0.407 e. The summed E-state index contributed by atoms with van der Waals surface area (Å²) < 4.78 is 49.3. The number of pyridine rings is 2. The number of cyclic esters (lactones) is 1. The van der Waals surface area contributed by atoms with Gasteiger partial charge < -0.3 is 59.4 Å². The van der Waals surface area contributed by atoms with Gasteiger partial charge >= 0.3 is 12.1 Å². The SMILES string of the molecule is CC[C@@]1(O)C(=O)OCc2c1cc1n(c2=O)Cc2c-1nc1cc(F)c(C)c3c1c2[C@@H](NC(=O)OCc1ccc(NC(=O)[C@H](C)NC(=O)[C@@H](NC(=O)CCOCCOCCOCCOCCN=[N+]=[N-])C(C)C)cc1)CC3. The van der Waals surface area contributed by atoms with E-state index in [1.807, 2.05) is 0 Å². The summed E-state index contributed by atoms with van der Waals surface area (Å²) in [6.45, 7) is 10.8. The number of hydrogen-bond acceptors (Lipinski definition) is 15. The number of hydrogen-bond donors (Lipinski definition) is 5. The van der Waals surface area contributed by atoms with Crippen molar-refractivity contribution in [1.82, 2.24) is 25.5 Å². The topological polar surface area (TPSA) is 293 Å². The zero-order chi connectivity index (χ0) is 53.1. The Kier molecular flexibility index (Phi) is 18.4. The summed E-state index contributed by atoms with van der Waals surface area (Å²) in [6, 6.07) is 7.02. The highest BCUT2D eigenvalue weighted by molar-refractivity contribution is 5.98. The zero-order valence-corrected chi connectivity index (χ0v) is 42.0. The lowest BCUT2D eigenvalue weighted by Gasteiger charge is -2.31. The van der Waals surface area contributed by atoms with E-state index in [4.69, 9.17) is 38.9 Å². The normalized spacial score (nSPS) is 17.0. The number of esters is 1. The van der Waals surface area contributed by atoms with Crippen molar-refractivity contribution in [2.24, 2.45) is 11.0 Å². The minimum absolute atomic E-state index is 0.00719. The molecule has 5 N–H and O–H groups in total. The molecule has 74 heavy (non-hydrogen) atoms. The van der Waals surface area contributed by atoms with Gasteiger partial charge in [-0.15, -0.1) is 0 Å². The number of anilines is 1. The maximum Gasteiger partial charge on any atom is 0.407 e. The molecule has 2 aromatic heterocycles. The van der Waals surface area contributed by atoms with Crippen molar-refractivity contribution < 1.29 is 61.9 Å². The minimum atomic E-state index is -2.03. The van der Waals surface area contributed by atoms with Crippen LogP contribution >= 0.6 is 0 Å². The highest BCUT2D eigenvalue weighted by atomic mass is 19.1. The molecule has 396 valence electrons. The average molecular weight is 1030 g/mol. The summed E-state index contributed by atoms with van der Waals surface area (Å²) in [7, 11) is 0. The fourth-order valence-corrected chi connectivity index (χ4v) is 9.19. The molecular formula is C51H62FN9O13. The Labute approximate surface area is 425 Å². The maximum absolute atomic E-state index is 15.4. The number of fused-ring (bicyclic) bond motifs is 5. The van der Waals surface area contributed by atoms with Gasteiger partial charge in [-0.3, -0.25) is 19.2 Å². The standard InChI is InChI=1S/C51H62FN9O13/c1-6-51(68)36-23-40-45-34(25-61(40)48(65)35(36)27-73-49(51)66)43-38(12-11-33-29(4)37(52)24-39(57-45)42(33)43)58-50(67)74-26-31-7-9-32(10-8-31)56-46(63)30(5)55-47(64)44(28(2)3)59-41(62)13-15-69-17-19-71-21-22-72-20-18-70-16-14-54-60-53/h7-10,23-24,28,30,38,44,68H,6,11-22,25-27H2,1-5H3,(H,55,64)(H,56,63)(H,58,67)(H,59,62)/t30-,38-,44-,51-/m0/s1. The van der Waals surface area contributed by atoms with E-state index in [0.717, 1.165) is 5.56 Å². The molecule has 0 unspecified atom stereocenters. The largest absolute Gasteiger partial charge is 0.458 e. The summed E-state index contributed by atoms with van der Waals surface area (Å²) in [5, 5.41) is 26.6. The number of alkyl carbamates (subject to hydrolysis) is 1. The third-order valence-corrected chi connectivity index (χ3v) is 13.3. The van der Waals surface area contributed by atoms with Crippen molar-refractivity contribution in [3.63, 3.8) is 0 Å². The van der Waals surface area contributed by atoms with Crippen molar-refractivity contribution in [3.05, 3.63) is 102 Å². The van der Waals surface area contributed by atoms with Crippen molar-refractivity contribution in [2.75, 3.05) is 64.7 Å². The highest BCUT2D eigenvalue weighted by Gasteiger charge is 2.46. The molecule has 4 amide bonds. The van der Waals surface area contributed by atoms with Crippen LogP contribution < -0.4 is 26.8 Å². The Bertz CT molecular complexity index is 2870. The number of azide groups is 1. The van der Waals surface area contributed by atoms with Crippen LogP contribution in [0, 0.1) is 18.7 Å². The van der Waals surface area contributed by atoms with Crippen LogP contribution in [0.2, 0.25) is 0 Å². The first-order valence-corrected chi connectivity index (χ1v) is 24.6. The molecule has 4 aromatic rings. The van der Waals surface area contributed by atoms with Crippen LogP contribution in [-0.2, 0) is 79.4 Å². The molecule has 23 heteroatoms. The molecule has 22 nitrogen and oxygen atoms in total. The summed E-state index contributed by atoms with van der Waals surface area (Å²) in [5.74, 6) is -3.01. The number of halogens is 1. The second-order valence-corrected chi connectivity index (χ2v) is 18.5. The van der Waals surface area contributed by atoms with Crippen LogP contribution in [-0.4, -0.2) is 116 Å². The van der Waals surface area contributed by atoms with E-state index in [1.165, 1.54) is 17.6 Å². The summed E-state index contributed by atoms with van der Waals surface area (Å²) in [5.41, 5.74) is 10.7. The van der Waals surface area contributed by atoms with Crippen molar-refractivity contribution in [1.29, 1.82) is 0 Å². The van der Waals surface area contributed by atoms with Gasteiger partial charge in [-0.1, -0.05) is 38.0 Å². The lowest BCUT2D eigenvalue weighted by atomic mass is 9.81. The number of aromatic nitrogens is 2. The van der Waals surface area contributed by atoms with Crippen LogP contribution in [0.4, 0.5) is 14.9 Å². The third-order valence-electron chi connectivity index (χ3n) is 13.3. The molecule has 0 bridgehead atoms. The number of carbonyl (C=O) groups is 5. The molecule has 0 fully saturated rings. The highest BCUT2D eigenvalue weighted by Crippen LogP contribution is 2.46. The van der Waals surface area contributed by atoms with Crippen LogP contribution in [0.25, 0.3) is 32.7 Å². The third kappa shape index (κ3) is 12.5. The molecule has 1 aliphatic carbocycles. The molecular weight excluding hydrogens is 966 g/mol. The number of carbonyl (C=O) groups excluding carboxylic acids is 5. The van der Waals surface area contributed by atoms with Gasteiger partial charge in [0, 0.05) is 46.1 Å². The van der Waals surface area contributed by atoms with Gasteiger partial charge in [-0.05, 0) is 85.0 Å². The number of nitrogens with zero attached hydrogens (tertiary/aromatic N) is 5. The Balaban J connectivity index is 0.875. The molecule has 0 spiro atoms.